The van der Waals surface area contributed by atoms with Crippen LogP contribution in [0.15, 0.2) is 33.7 Å². The van der Waals surface area contributed by atoms with Gasteiger partial charge in [-0.25, -0.2) is 0 Å². The Kier molecular flexibility index (Phi) is 9.36. The number of amides is 1. The number of hydrogen-bond acceptors (Lipinski definition) is 2. The SMILES string of the molecule is CN=C(NCC1(C(=O)N(C)C)CCCC1)N(C)Cc1ccccc1Br.I. The highest BCUT2D eigenvalue weighted by molar-refractivity contribution is 14.0. The lowest BCUT2D eigenvalue weighted by Gasteiger charge is -2.32. The van der Waals surface area contributed by atoms with E-state index in [0.717, 1.165) is 42.7 Å². The molecule has 1 saturated carbocycles. The van der Waals surface area contributed by atoms with Crippen LogP contribution in [0.2, 0.25) is 0 Å². The summed E-state index contributed by atoms with van der Waals surface area (Å²) in [5, 5.41) is 3.44. The second-order valence-electron chi connectivity index (χ2n) is 7.04. The Morgan fingerprint density at radius 1 is 1.23 bits per heavy atom. The van der Waals surface area contributed by atoms with E-state index in [-0.39, 0.29) is 35.3 Å². The number of nitrogens with one attached hydrogen (secondary N) is 1. The van der Waals surface area contributed by atoms with E-state index >= 15 is 0 Å². The molecule has 7 heteroatoms. The van der Waals surface area contributed by atoms with Gasteiger partial charge in [0.05, 0.1) is 5.41 Å². The third kappa shape index (κ3) is 5.58. The van der Waals surface area contributed by atoms with E-state index < -0.39 is 0 Å². The van der Waals surface area contributed by atoms with E-state index in [9.17, 15) is 4.79 Å². The third-order valence-corrected chi connectivity index (χ3v) is 5.72. The van der Waals surface area contributed by atoms with Crippen LogP contribution in [0.4, 0.5) is 0 Å². The Hall–Kier alpha value is -0.830. The van der Waals surface area contributed by atoms with Crippen LogP contribution in [-0.2, 0) is 11.3 Å². The van der Waals surface area contributed by atoms with Crippen molar-refractivity contribution in [3.8, 4) is 0 Å². The van der Waals surface area contributed by atoms with Crippen molar-refractivity contribution in [2.45, 2.75) is 32.2 Å². The number of rotatable bonds is 5. The van der Waals surface area contributed by atoms with Crippen LogP contribution < -0.4 is 5.32 Å². The molecule has 1 N–H and O–H groups in total. The molecule has 146 valence electrons. The molecule has 0 spiro atoms. The Bertz CT molecular complexity index is 630. The number of halogens is 2. The summed E-state index contributed by atoms with van der Waals surface area (Å²) in [5.41, 5.74) is 0.904. The normalized spacial score (nSPS) is 16.0. The Labute approximate surface area is 182 Å². The van der Waals surface area contributed by atoms with Gasteiger partial charge in [0.1, 0.15) is 0 Å². The molecule has 26 heavy (non-hydrogen) atoms. The van der Waals surface area contributed by atoms with E-state index in [2.05, 4.69) is 37.2 Å². The number of benzene rings is 1. The molecule has 0 radical (unpaired) electrons. The number of carbonyl (C=O) groups is 1. The van der Waals surface area contributed by atoms with Gasteiger partial charge >= 0.3 is 0 Å². The number of hydrogen-bond donors (Lipinski definition) is 1. The minimum Gasteiger partial charge on any atom is -0.355 e. The molecule has 0 atom stereocenters. The summed E-state index contributed by atoms with van der Waals surface area (Å²) < 4.78 is 1.09. The lowest BCUT2D eigenvalue weighted by molar-refractivity contribution is -0.138. The molecule has 0 saturated heterocycles. The average Bonchev–Trinajstić information content (AvgIpc) is 3.06. The minimum absolute atomic E-state index is 0. The maximum Gasteiger partial charge on any atom is 0.230 e. The van der Waals surface area contributed by atoms with Gasteiger partial charge in [-0.2, -0.15) is 0 Å². The van der Waals surface area contributed by atoms with Gasteiger partial charge < -0.3 is 15.1 Å². The lowest BCUT2D eigenvalue weighted by Crippen LogP contribution is -2.49. The molecule has 0 unspecified atom stereocenters. The molecule has 1 aromatic carbocycles. The van der Waals surface area contributed by atoms with Crippen LogP contribution in [0.5, 0.6) is 0 Å². The first-order valence-electron chi connectivity index (χ1n) is 8.76. The van der Waals surface area contributed by atoms with Gasteiger partial charge in [-0.05, 0) is 24.5 Å². The van der Waals surface area contributed by atoms with Crippen molar-refractivity contribution in [3.63, 3.8) is 0 Å². The predicted octanol–water partition coefficient (Wildman–Crippen LogP) is 3.72. The fraction of sp³-hybridized carbons (Fsp3) is 0.579. The average molecular weight is 537 g/mol. The van der Waals surface area contributed by atoms with E-state index in [1.807, 2.05) is 39.3 Å². The van der Waals surface area contributed by atoms with Crippen molar-refractivity contribution in [2.24, 2.45) is 10.4 Å². The zero-order chi connectivity index (χ0) is 18.4. The number of carbonyl (C=O) groups excluding carboxylic acids is 1. The van der Waals surface area contributed by atoms with Crippen molar-refractivity contribution < 1.29 is 4.79 Å². The highest BCUT2D eigenvalue weighted by Crippen LogP contribution is 2.39. The maximum atomic E-state index is 12.7. The zero-order valence-electron chi connectivity index (χ0n) is 16.1. The van der Waals surface area contributed by atoms with Crippen LogP contribution in [0.25, 0.3) is 0 Å². The largest absolute Gasteiger partial charge is 0.355 e. The highest BCUT2D eigenvalue weighted by Gasteiger charge is 2.42. The molecule has 1 fully saturated rings. The Balaban J connectivity index is 0.00000338. The summed E-state index contributed by atoms with van der Waals surface area (Å²) in [6, 6.07) is 8.19. The van der Waals surface area contributed by atoms with Gasteiger partial charge in [-0.15, -0.1) is 24.0 Å². The standard InChI is InChI=1S/C19H29BrN4O.HI/c1-21-18(24(4)13-15-9-5-6-10-16(15)20)22-14-19(11-7-8-12-19)17(25)23(2)3;/h5-6,9-10H,7-8,11-14H2,1-4H3,(H,21,22);1H. The summed E-state index contributed by atoms with van der Waals surface area (Å²) in [7, 11) is 7.49. The molecule has 0 aliphatic heterocycles. The maximum absolute atomic E-state index is 12.7. The highest BCUT2D eigenvalue weighted by atomic mass is 127. The second-order valence-corrected chi connectivity index (χ2v) is 7.89. The zero-order valence-corrected chi connectivity index (χ0v) is 20.0. The lowest BCUT2D eigenvalue weighted by atomic mass is 9.84. The van der Waals surface area contributed by atoms with Gasteiger partial charge in [0, 0.05) is 45.8 Å². The van der Waals surface area contributed by atoms with Crippen LogP contribution in [-0.4, -0.2) is 56.4 Å². The van der Waals surface area contributed by atoms with Gasteiger partial charge in [0.25, 0.3) is 0 Å². The molecule has 0 aromatic heterocycles. The topological polar surface area (TPSA) is 47.9 Å². The number of nitrogens with zero attached hydrogens (tertiary/aromatic N) is 3. The van der Waals surface area contributed by atoms with E-state index in [1.54, 1.807) is 11.9 Å². The van der Waals surface area contributed by atoms with E-state index in [0.29, 0.717) is 6.54 Å². The summed E-state index contributed by atoms with van der Waals surface area (Å²) in [6.07, 6.45) is 4.13. The summed E-state index contributed by atoms with van der Waals surface area (Å²) >= 11 is 3.60. The molecule has 1 aliphatic carbocycles. The molecule has 5 nitrogen and oxygen atoms in total. The fourth-order valence-electron chi connectivity index (χ4n) is 3.58. The first-order chi connectivity index (χ1) is 11.9. The van der Waals surface area contributed by atoms with Crippen LogP contribution in [0, 0.1) is 5.41 Å². The Morgan fingerprint density at radius 2 is 1.85 bits per heavy atom. The molecule has 0 bridgehead atoms. The summed E-state index contributed by atoms with van der Waals surface area (Å²) in [6.45, 7) is 1.38. The number of guanidine groups is 1. The van der Waals surface area contributed by atoms with E-state index in [4.69, 9.17) is 0 Å². The third-order valence-electron chi connectivity index (χ3n) is 4.94. The molecule has 0 heterocycles. The van der Waals surface area contributed by atoms with E-state index in [1.165, 1.54) is 5.56 Å². The molecule has 1 aromatic rings. The van der Waals surface area contributed by atoms with Crippen molar-refractivity contribution in [1.82, 2.24) is 15.1 Å². The molecule has 1 aliphatic rings. The van der Waals surface area contributed by atoms with Crippen LogP contribution >= 0.6 is 39.9 Å². The smallest absolute Gasteiger partial charge is 0.230 e. The van der Waals surface area contributed by atoms with Gasteiger partial charge in [0.2, 0.25) is 5.91 Å². The monoisotopic (exact) mass is 536 g/mol. The van der Waals surface area contributed by atoms with Crippen LogP contribution in [0.1, 0.15) is 31.2 Å². The van der Waals surface area contributed by atoms with Crippen molar-refractivity contribution in [1.29, 1.82) is 0 Å². The predicted molar refractivity (Wildman–Crippen MR) is 122 cm³/mol. The first-order valence-corrected chi connectivity index (χ1v) is 9.56. The first kappa shape index (κ1) is 23.2. The van der Waals surface area contributed by atoms with Crippen LogP contribution in [0.3, 0.4) is 0 Å². The summed E-state index contributed by atoms with van der Waals surface area (Å²) in [4.78, 5) is 20.9. The second kappa shape index (κ2) is 10.5. The van der Waals surface area contributed by atoms with Crippen molar-refractivity contribution >= 4 is 51.8 Å². The minimum atomic E-state index is -0.298. The van der Waals surface area contributed by atoms with Crippen molar-refractivity contribution in [2.75, 3.05) is 34.7 Å². The van der Waals surface area contributed by atoms with Crippen molar-refractivity contribution in [3.05, 3.63) is 34.3 Å². The number of aliphatic imine (C=N–C) groups is 1. The Morgan fingerprint density at radius 3 is 2.38 bits per heavy atom. The molecular weight excluding hydrogens is 507 g/mol. The fourth-order valence-corrected chi connectivity index (χ4v) is 3.99. The quantitative estimate of drug-likeness (QED) is 0.354. The van der Waals surface area contributed by atoms with Gasteiger partial charge in [0.15, 0.2) is 5.96 Å². The molecule has 2 rings (SSSR count). The van der Waals surface area contributed by atoms with Gasteiger partial charge in [-0.3, -0.25) is 9.79 Å². The summed E-state index contributed by atoms with van der Waals surface area (Å²) in [5.74, 6) is 1.04. The molecule has 1 amide bonds. The molecular formula is C19H30BrIN4O. The van der Waals surface area contributed by atoms with Gasteiger partial charge in [-0.1, -0.05) is 47.0 Å².